The van der Waals surface area contributed by atoms with E-state index >= 15 is 0 Å². The van der Waals surface area contributed by atoms with Gasteiger partial charge in [-0.25, -0.2) is 9.97 Å². The average molecular weight is 295 g/mol. The third-order valence-corrected chi connectivity index (χ3v) is 3.13. The SMILES string of the molecule is CCNc1cc(N(CC)CCCN(C)C)nc(COC)n1. The molecule has 21 heavy (non-hydrogen) atoms. The third-order valence-electron chi connectivity index (χ3n) is 3.13. The summed E-state index contributed by atoms with van der Waals surface area (Å²) in [6.45, 7) is 8.49. The molecule has 0 saturated heterocycles. The summed E-state index contributed by atoms with van der Waals surface area (Å²) in [7, 11) is 5.86. The highest BCUT2D eigenvalue weighted by atomic mass is 16.5. The van der Waals surface area contributed by atoms with Crippen molar-refractivity contribution >= 4 is 11.6 Å². The van der Waals surface area contributed by atoms with Crippen LogP contribution in [-0.2, 0) is 11.3 Å². The van der Waals surface area contributed by atoms with Crippen molar-refractivity contribution in [2.75, 3.05) is 57.6 Å². The van der Waals surface area contributed by atoms with Gasteiger partial charge in [-0.1, -0.05) is 0 Å². The van der Waals surface area contributed by atoms with E-state index in [9.17, 15) is 0 Å². The fourth-order valence-electron chi connectivity index (χ4n) is 2.12. The van der Waals surface area contributed by atoms with Gasteiger partial charge < -0.3 is 19.9 Å². The maximum atomic E-state index is 5.16. The normalized spacial score (nSPS) is 11.0. The Labute approximate surface area is 128 Å². The molecular formula is C15H29N5O. The molecule has 1 aromatic heterocycles. The number of rotatable bonds is 10. The van der Waals surface area contributed by atoms with E-state index in [4.69, 9.17) is 4.74 Å². The fraction of sp³-hybridized carbons (Fsp3) is 0.733. The number of nitrogens with one attached hydrogen (secondary N) is 1. The summed E-state index contributed by atoms with van der Waals surface area (Å²) in [4.78, 5) is 13.6. The summed E-state index contributed by atoms with van der Waals surface area (Å²) in [6, 6.07) is 2.02. The second-order valence-corrected chi connectivity index (χ2v) is 5.23. The Hall–Kier alpha value is -1.40. The van der Waals surface area contributed by atoms with Crippen molar-refractivity contribution in [3.63, 3.8) is 0 Å². The second-order valence-electron chi connectivity index (χ2n) is 5.23. The largest absolute Gasteiger partial charge is 0.377 e. The van der Waals surface area contributed by atoms with Crippen LogP contribution in [0.15, 0.2) is 6.07 Å². The highest BCUT2D eigenvalue weighted by Crippen LogP contribution is 2.16. The molecule has 0 bridgehead atoms. The van der Waals surface area contributed by atoms with Crippen molar-refractivity contribution in [2.24, 2.45) is 0 Å². The van der Waals surface area contributed by atoms with E-state index in [0.29, 0.717) is 6.61 Å². The van der Waals surface area contributed by atoms with E-state index in [1.54, 1.807) is 7.11 Å². The molecule has 120 valence electrons. The molecule has 0 aromatic carbocycles. The topological polar surface area (TPSA) is 53.5 Å². The van der Waals surface area contributed by atoms with E-state index < -0.39 is 0 Å². The van der Waals surface area contributed by atoms with Gasteiger partial charge in [-0.2, -0.15) is 0 Å². The quantitative estimate of drug-likeness (QED) is 0.711. The van der Waals surface area contributed by atoms with Gasteiger partial charge in [0.25, 0.3) is 0 Å². The Bertz CT molecular complexity index is 387. The van der Waals surface area contributed by atoms with Gasteiger partial charge >= 0.3 is 0 Å². The summed E-state index contributed by atoms with van der Waals surface area (Å²) >= 11 is 0. The van der Waals surface area contributed by atoms with E-state index in [1.807, 2.05) is 6.07 Å². The summed E-state index contributed by atoms with van der Waals surface area (Å²) in [5.74, 6) is 2.55. The van der Waals surface area contributed by atoms with Crippen LogP contribution in [0.3, 0.4) is 0 Å². The Morgan fingerprint density at radius 2 is 1.95 bits per heavy atom. The van der Waals surface area contributed by atoms with E-state index in [-0.39, 0.29) is 0 Å². The minimum absolute atomic E-state index is 0.432. The molecule has 0 fully saturated rings. The van der Waals surface area contributed by atoms with Crippen molar-refractivity contribution in [3.05, 3.63) is 11.9 Å². The van der Waals surface area contributed by atoms with E-state index in [1.165, 1.54) is 0 Å². The van der Waals surface area contributed by atoms with Gasteiger partial charge in [0.1, 0.15) is 18.2 Å². The lowest BCUT2D eigenvalue weighted by Gasteiger charge is -2.23. The first-order chi connectivity index (χ1) is 10.1. The fourth-order valence-corrected chi connectivity index (χ4v) is 2.12. The minimum atomic E-state index is 0.432. The maximum Gasteiger partial charge on any atom is 0.158 e. The van der Waals surface area contributed by atoms with Crippen LogP contribution < -0.4 is 10.2 Å². The van der Waals surface area contributed by atoms with E-state index in [0.717, 1.165) is 50.1 Å². The summed E-state index contributed by atoms with van der Waals surface area (Å²) in [5.41, 5.74) is 0. The molecular weight excluding hydrogens is 266 g/mol. The molecule has 0 aliphatic heterocycles. The predicted octanol–water partition coefficient (Wildman–Crippen LogP) is 1.83. The number of hydrogen-bond acceptors (Lipinski definition) is 6. The second kappa shape index (κ2) is 9.52. The molecule has 0 atom stereocenters. The van der Waals surface area contributed by atoms with Crippen molar-refractivity contribution in [1.82, 2.24) is 14.9 Å². The average Bonchev–Trinajstić information content (AvgIpc) is 2.44. The Morgan fingerprint density at radius 1 is 1.19 bits per heavy atom. The highest BCUT2D eigenvalue weighted by molar-refractivity contribution is 5.49. The highest BCUT2D eigenvalue weighted by Gasteiger charge is 2.10. The van der Waals surface area contributed by atoms with Crippen molar-refractivity contribution in [2.45, 2.75) is 26.9 Å². The first kappa shape index (κ1) is 17.7. The Balaban J connectivity index is 2.84. The van der Waals surface area contributed by atoms with Crippen LogP contribution in [0.25, 0.3) is 0 Å². The van der Waals surface area contributed by atoms with Gasteiger partial charge in [0.05, 0.1) is 0 Å². The van der Waals surface area contributed by atoms with Crippen molar-refractivity contribution in [3.8, 4) is 0 Å². The number of nitrogens with zero attached hydrogens (tertiary/aromatic N) is 4. The molecule has 0 radical (unpaired) electrons. The molecule has 6 nitrogen and oxygen atoms in total. The third kappa shape index (κ3) is 6.27. The Morgan fingerprint density at radius 3 is 2.52 bits per heavy atom. The van der Waals surface area contributed by atoms with Crippen LogP contribution >= 0.6 is 0 Å². The molecule has 1 aromatic rings. The van der Waals surface area contributed by atoms with Crippen LogP contribution in [0.2, 0.25) is 0 Å². The van der Waals surface area contributed by atoms with Crippen LogP contribution in [0, 0.1) is 0 Å². The summed E-state index contributed by atoms with van der Waals surface area (Å²) in [6.07, 6.45) is 1.11. The number of hydrogen-bond donors (Lipinski definition) is 1. The van der Waals surface area contributed by atoms with Crippen molar-refractivity contribution < 1.29 is 4.74 Å². The monoisotopic (exact) mass is 295 g/mol. The molecule has 0 saturated carbocycles. The molecule has 0 aliphatic carbocycles. The molecule has 1 N–H and O–H groups in total. The van der Waals surface area contributed by atoms with Crippen molar-refractivity contribution in [1.29, 1.82) is 0 Å². The van der Waals surface area contributed by atoms with Gasteiger partial charge in [0, 0.05) is 32.8 Å². The predicted molar refractivity (Wildman–Crippen MR) is 88.0 cm³/mol. The smallest absolute Gasteiger partial charge is 0.158 e. The number of anilines is 2. The molecule has 0 spiro atoms. The number of methoxy groups -OCH3 is 1. The number of aromatic nitrogens is 2. The van der Waals surface area contributed by atoms with Gasteiger partial charge in [-0.3, -0.25) is 0 Å². The first-order valence-corrected chi connectivity index (χ1v) is 7.61. The maximum absolute atomic E-state index is 5.16. The van der Waals surface area contributed by atoms with Gasteiger partial charge in [0.2, 0.25) is 0 Å². The molecule has 6 heteroatoms. The van der Waals surface area contributed by atoms with Gasteiger partial charge in [-0.05, 0) is 40.9 Å². The molecule has 0 aliphatic rings. The zero-order valence-corrected chi connectivity index (χ0v) is 14.0. The van der Waals surface area contributed by atoms with Crippen LogP contribution in [0.1, 0.15) is 26.1 Å². The lowest BCUT2D eigenvalue weighted by molar-refractivity contribution is 0.178. The van der Waals surface area contributed by atoms with Crippen LogP contribution in [0.4, 0.5) is 11.6 Å². The molecule has 1 rings (SSSR count). The molecule has 0 unspecified atom stereocenters. The lowest BCUT2D eigenvalue weighted by Crippen LogP contribution is -2.28. The number of ether oxygens (including phenoxy) is 1. The standard InChI is InChI=1S/C15H29N5O/c1-6-16-13-11-15(18-14(17-13)12-21-5)20(7-2)10-8-9-19(3)4/h11H,6-10,12H2,1-5H3,(H,16,17,18). The summed E-state index contributed by atoms with van der Waals surface area (Å²) in [5, 5.41) is 3.26. The van der Waals surface area contributed by atoms with Gasteiger partial charge in [0.15, 0.2) is 5.82 Å². The lowest BCUT2D eigenvalue weighted by atomic mass is 10.3. The van der Waals surface area contributed by atoms with E-state index in [2.05, 4.69) is 53.0 Å². The zero-order valence-electron chi connectivity index (χ0n) is 14.0. The molecule has 1 heterocycles. The summed E-state index contributed by atoms with van der Waals surface area (Å²) < 4.78 is 5.16. The Kier molecular flexibility index (Phi) is 8.00. The van der Waals surface area contributed by atoms with Crippen LogP contribution in [0.5, 0.6) is 0 Å². The van der Waals surface area contributed by atoms with Crippen LogP contribution in [-0.4, -0.2) is 62.3 Å². The van der Waals surface area contributed by atoms with Gasteiger partial charge in [-0.15, -0.1) is 0 Å². The first-order valence-electron chi connectivity index (χ1n) is 7.61. The zero-order chi connectivity index (χ0) is 15.7. The minimum Gasteiger partial charge on any atom is -0.377 e. The molecule has 0 amide bonds.